The predicted octanol–water partition coefficient (Wildman–Crippen LogP) is 4.04. The topological polar surface area (TPSA) is 51.2 Å². The smallest absolute Gasteiger partial charge is 0.309 e. The fraction of sp³-hybridized carbons (Fsp3) is 0.375. The van der Waals surface area contributed by atoms with Gasteiger partial charge in [0, 0.05) is 11.1 Å². The molecule has 1 aromatic heterocycles. The molecular formula is C16H18N2O2S. The summed E-state index contributed by atoms with van der Waals surface area (Å²) in [5, 5.41) is 5.99. The highest BCUT2D eigenvalue weighted by atomic mass is 32.1. The van der Waals surface area contributed by atoms with Gasteiger partial charge in [-0.2, -0.15) is 0 Å². The summed E-state index contributed by atoms with van der Waals surface area (Å²) in [5.41, 5.74) is 3.03. The summed E-state index contributed by atoms with van der Waals surface area (Å²) in [7, 11) is 0. The molecular weight excluding hydrogens is 284 g/mol. The number of rotatable bonds is 5. The fourth-order valence-electron chi connectivity index (χ4n) is 2.10. The molecule has 0 radical (unpaired) electrons. The highest BCUT2D eigenvalue weighted by Crippen LogP contribution is 2.28. The molecule has 1 aromatic carbocycles. The van der Waals surface area contributed by atoms with Crippen molar-refractivity contribution in [3.05, 3.63) is 40.9 Å². The maximum Gasteiger partial charge on any atom is 0.309 e. The maximum atomic E-state index is 11.7. The largest absolute Gasteiger partial charge is 0.459 e. The number of carbonyl (C=O) groups is 1. The van der Waals surface area contributed by atoms with E-state index in [0.29, 0.717) is 0 Å². The molecule has 0 aliphatic heterocycles. The second-order valence-electron chi connectivity index (χ2n) is 5.37. The minimum atomic E-state index is -0.0812. The van der Waals surface area contributed by atoms with E-state index in [0.717, 1.165) is 35.8 Å². The van der Waals surface area contributed by atoms with Crippen LogP contribution in [0.25, 0.3) is 0 Å². The zero-order chi connectivity index (χ0) is 14.7. The Morgan fingerprint density at radius 3 is 2.81 bits per heavy atom. The van der Waals surface area contributed by atoms with Gasteiger partial charge in [0.2, 0.25) is 0 Å². The molecule has 0 unspecified atom stereocenters. The van der Waals surface area contributed by atoms with E-state index >= 15 is 0 Å². The SMILES string of the molecule is Cc1ccc(Nc2nc(COC(=O)C3CCC3)cs2)cc1. The van der Waals surface area contributed by atoms with Crippen LogP contribution in [0.4, 0.5) is 10.8 Å². The second-order valence-corrected chi connectivity index (χ2v) is 6.23. The Balaban J connectivity index is 1.53. The number of benzene rings is 1. The van der Waals surface area contributed by atoms with E-state index < -0.39 is 0 Å². The molecule has 21 heavy (non-hydrogen) atoms. The van der Waals surface area contributed by atoms with Crippen molar-refractivity contribution in [2.45, 2.75) is 32.8 Å². The standard InChI is InChI=1S/C16H18N2O2S/c1-11-5-7-13(8-6-11)17-16-18-14(10-21-16)9-20-15(19)12-3-2-4-12/h5-8,10,12H,2-4,9H2,1H3,(H,17,18). The number of ether oxygens (including phenoxy) is 1. The number of anilines is 2. The lowest BCUT2D eigenvalue weighted by Gasteiger charge is -2.22. The number of esters is 1. The summed E-state index contributed by atoms with van der Waals surface area (Å²) in [6, 6.07) is 8.15. The van der Waals surface area contributed by atoms with Crippen molar-refractivity contribution in [1.29, 1.82) is 0 Å². The molecule has 3 rings (SSSR count). The summed E-state index contributed by atoms with van der Waals surface area (Å²) in [4.78, 5) is 16.1. The van der Waals surface area contributed by atoms with E-state index in [4.69, 9.17) is 4.74 Å². The second kappa shape index (κ2) is 6.26. The Labute approximate surface area is 128 Å². The third kappa shape index (κ3) is 3.61. The first kappa shape index (κ1) is 14.1. The van der Waals surface area contributed by atoms with E-state index in [1.165, 1.54) is 16.9 Å². The minimum absolute atomic E-state index is 0.0812. The highest BCUT2D eigenvalue weighted by molar-refractivity contribution is 7.13. The summed E-state index contributed by atoms with van der Waals surface area (Å²) in [6.45, 7) is 2.32. The predicted molar refractivity (Wildman–Crippen MR) is 83.7 cm³/mol. The number of carbonyl (C=O) groups excluding carboxylic acids is 1. The Morgan fingerprint density at radius 1 is 1.38 bits per heavy atom. The van der Waals surface area contributed by atoms with Crippen LogP contribution in [0.15, 0.2) is 29.6 Å². The number of aromatic nitrogens is 1. The van der Waals surface area contributed by atoms with Crippen molar-refractivity contribution in [3.63, 3.8) is 0 Å². The fourth-order valence-corrected chi connectivity index (χ4v) is 2.81. The molecule has 1 N–H and O–H groups in total. The van der Waals surface area contributed by atoms with Crippen LogP contribution in [0.1, 0.15) is 30.5 Å². The molecule has 0 saturated heterocycles. The van der Waals surface area contributed by atoms with Gasteiger partial charge in [-0.25, -0.2) is 4.98 Å². The molecule has 110 valence electrons. The Bertz CT molecular complexity index is 617. The first-order valence-electron chi connectivity index (χ1n) is 7.15. The van der Waals surface area contributed by atoms with Crippen molar-refractivity contribution < 1.29 is 9.53 Å². The lowest BCUT2D eigenvalue weighted by molar-refractivity contribution is -0.152. The van der Waals surface area contributed by atoms with Crippen LogP contribution < -0.4 is 5.32 Å². The third-order valence-corrected chi connectivity index (χ3v) is 4.46. The summed E-state index contributed by atoms with van der Waals surface area (Å²) < 4.78 is 5.29. The van der Waals surface area contributed by atoms with Crippen LogP contribution in [0.3, 0.4) is 0 Å². The van der Waals surface area contributed by atoms with Crippen molar-refractivity contribution >= 4 is 28.1 Å². The molecule has 1 heterocycles. The van der Waals surface area contributed by atoms with Gasteiger partial charge in [-0.05, 0) is 31.9 Å². The van der Waals surface area contributed by atoms with E-state index in [9.17, 15) is 4.79 Å². The average molecular weight is 302 g/mol. The first-order chi connectivity index (χ1) is 10.2. The molecule has 1 saturated carbocycles. The molecule has 1 aliphatic carbocycles. The number of hydrogen-bond acceptors (Lipinski definition) is 5. The van der Waals surface area contributed by atoms with Crippen molar-refractivity contribution in [3.8, 4) is 0 Å². The Morgan fingerprint density at radius 2 is 2.14 bits per heavy atom. The molecule has 1 fully saturated rings. The number of thiazole rings is 1. The van der Waals surface area contributed by atoms with E-state index in [2.05, 4.69) is 29.4 Å². The van der Waals surface area contributed by atoms with Gasteiger partial charge in [0.05, 0.1) is 11.6 Å². The molecule has 4 nitrogen and oxygen atoms in total. The summed E-state index contributed by atoms with van der Waals surface area (Å²) in [6.07, 6.45) is 3.08. The van der Waals surface area contributed by atoms with Crippen LogP contribution in [0, 0.1) is 12.8 Å². The van der Waals surface area contributed by atoms with Crippen molar-refractivity contribution in [1.82, 2.24) is 4.98 Å². The molecule has 2 aromatic rings. The van der Waals surface area contributed by atoms with Crippen LogP contribution in [0.2, 0.25) is 0 Å². The Kier molecular flexibility index (Phi) is 4.20. The molecule has 0 bridgehead atoms. The molecule has 1 aliphatic rings. The van der Waals surface area contributed by atoms with Gasteiger partial charge in [-0.1, -0.05) is 24.1 Å². The van der Waals surface area contributed by atoms with Crippen molar-refractivity contribution in [2.75, 3.05) is 5.32 Å². The third-order valence-electron chi connectivity index (χ3n) is 3.66. The molecule has 5 heteroatoms. The number of aryl methyl sites for hydroxylation is 1. The number of nitrogens with zero attached hydrogens (tertiary/aromatic N) is 1. The monoisotopic (exact) mass is 302 g/mol. The van der Waals surface area contributed by atoms with Crippen LogP contribution in [0.5, 0.6) is 0 Å². The van der Waals surface area contributed by atoms with Gasteiger partial charge < -0.3 is 10.1 Å². The maximum absolute atomic E-state index is 11.7. The van der Waals surface area contributed by atoms with Crippen molar-refractivity contribution in [2.24, 2.45) is 5.92 Å². The Hall–Kier alpha value is -1.88. The zero-order valence-electron chi connectivity index (χ0n) is 12.0. The quantitative estimate of drug-likeness (QED) is 0.847. The zero-order valence-corrected chi connectivity index (χ0v) is 12.8. The molecule has 0 atom stereocenters. The van der Waals surface area contributed by atoms with Gasteiger partial charge in [0.1, 0.15) is 6.61 Å². The molecule has 0 spiro atoms. The lowest BCUT2D eigenvalue weighted by atomic mass is 9.86. The van der Waals surface area contributed by atoms with Crippen LogP contribution in [-0.2, 0) is 16.1 Å². The van der Waals surface area contributed by atoms with Gasteiger partial charge in [-0.15, -0.1) is 11.3 Å². The van der Waals surface area contributed by atoms with Gasteiger partial charge in [0.25, 0.3) is 0 Å². The van der Waals surface area contributed by atoms with Gasteiger partial charge in [0.15, 0.2) is 5.13 Å². The van der Waals surface area contributed by atoms with Gasteiger partial charge in [-0.3, -0.25) is 4.79 Å². The van der Waals surface area contributed by atoms with E-state index in [1.54, 1.807) is 0 Å². The number of nitrogens with one attached hydrogen (secondary N) is 1. The molecule has 0 amide bonds. The average Bonchev–Trinajstić information content (AvgIpc) is 2.85. The summed E-state index contributed by atoms with van der Waals surface area (Å²) in [5.74, 6) is 0.0380. The van der Waals surface area contributed by atoms with Gasteiger partial charge >= 0.3 is 5.97 Å². The van der Waals surface area contributed by atoms with E-state index in [1.807, 2.05) is 17.5 Å². The summed E-state index contributed by atoms with van der Waals surface area (Å²) >= 11 is 1.51. The minimum Gasteiger partial charge on any atom is -0.459 e. The lowest BCUT2D eigenvalue weighted by Crippen LogP contribution is -2.23. The van der Waals surface area contributed by atoms with Crippen LogP contribution in [-0.4, -0.2) is 11.0 Å². The number of hydrogen-bond donors (Lipinski definition) is 1. The highest BCUT2D eigenvalue weighted by Gasteiger charge is 2.26. The normalized spacial score (nSPS) is 14.5. The van der Waals surface area contributed by atoms with E-state index in [-0.39, 0.29) is 18.5 Å². The first-order valence-corrected chi connectivity index (χ1v) is 8.03. The van der Waals surface area contributed by atoms with Crippen LogP contribution >= 0.6 is 11.3 Å².